The first-order chi connectivity index (χ1) is 5.18. The van der Waals surface area contributed by atoms with Gasteiger partial charge in [-0.2, -0.15) is 0 Å². The Hall–Kier alpha value is -0.770. The van der Waals surface area contributed by atoms with Gasteiger partial charge in [0.15, 0.2) is 0 Å². The van der Waals surface area contributed by atoms with Gasteiger partial charge < -0.3 is 15.5 Å². The lowest BCUT2D eigenvalue weighted by atomic mass is 10.1. The fraction of sp³-hybridized carbons (Fsp3) is 0.857. The molecule has 0 radical (unpaired) electrons. The lowest BCUT2D eigenvalue weighted by Crippen LogP contribution is -2.40. The summed E-state index contributed by atoms with van der Waals surface area (Å²) in [6.07, 6.45) is 0.434. The Morgan fingerprint density at radius 1 is 1.45 bits per heavy atom. The highest BCUT2D eigenvalue weighted by Crippen LogP contribution is 2.51. The molecule has 0 unspecified atom stereocenters. The van der Waals surface area contributed by atoms with Crippen LogP contribution < -0.4 is 5.32 Å². The van der Waals surface area contributed by atoms with Crippen LogP contribution in [0.5, 0.6) is 0 Å². The second kappa shape index (κ2) is 2.11. The topological polar surface area (TPSA) is 69.6 Å². The van der Waals surface area contributed by atoms with Crippen LogP contribution >= 0.6 is 0 Å². The summed E-state index contributed by atoms with van der Waals surface area (Å²) >= 11 is 0. The zero-order chi connectivity index (χ0) is 8.01. The predicted octanol–water partition coefficient (Wildman–Crippen LogP) is 0.0233. The van der Waals surface area contributed by atoms with Crippen molar-refractivity contribution in [1.29, 1.82) is 0 Å². The third-order valence-electron chi connectivity index (χ3n) is 2.69. The number of fused-ring (bicyclic) bond motifs is 1. The maximum absolute atomic E-state index is 10.2. The van der Waals surface area contributed by atoms with E-state index in [-0.39, 0.29) is 6.04 Å². The molecule has 11 heavy (non-hydrogen) atoms. The van der Waals surface area contributed by atoms with Gasteiger partial charge in [0.25, 0.3) is 0 Å². The third-order valence-corrected chi connectivity index (χ3v) is 2.69. The lowest BCUT2D eigenvalue weighted by Gasteiger charge is -2.16. The SMILES string of the molecule is O=C(O)N[C@H]1C[C@@H]2C[C@@H]2[C@@H]1O. The van der Waals surface area contributed by atoms with Crippen LogP contribution in [0.1, 0.15) is 12.8 Å². The number of aliphatic hydroxyl groups excluding tert-OH is 1. The molecule has 62 valence electrons. The molecule has 4 nitrogen and oxygen atoms in total. The number of aliphatic hydroxyl groups is 1. The van der Waals surface area contributed by atoms with Crippen molar-refractivity contribution in [3.05, 3.63) is 0 Å². The molecule has 2 fully saturated rings. The molecule has 0 aliphatic heterocycles. The molecule has 0 bridgehead atoms. The molecule has 0 aromatic heterocycles. The molecule has 4 heteroatoms. The van der Waals surface area contributed by atoms with Crippen molar-refractivity contribution in [3.8, 4) is 0 Å². The van der Waals surface area contributed by atoms with Crippen molar-refractivity contribution in [2.24, 2.45) is 11.8 Å². The average Bonchev–Trinajstić information content (AvgIpc) is 2.58. The van der Waals surface area contributed by atoms with Crippen molar-refractivity contribution < 1.29 is 15.0 Å². The number of rotatable bonds is 1. The van der Waals surface area contributed by atoms with Gasteiger partial charge in [-0.3, -0.25) is 0 Å². The van der Waals surface area contributed by atoms with Crippen LogP contribution in [0, 0.1) is 11.8 Å². The summed E-state index contributed by atoms with van der Waals surface area (Å²) in [5.41, 5.74) is 0. The van der Waals surface area contributed by atoms with Crippen LogP contribution in [0.4, 0.5) is 4.79 Å². The summed E-state index contributed by atoms with van der Waals surface area (Å²) in [7, 11) is 0. The maximum atomic E-state index is 10.2. The highest BCUT2D eigenvalue weighted by molar-refractivity contribution is 5.65. The minimum absolute atomic E-state index is 0.212. The Morgan fingerprint density at radius 2 is 2.18 bits per heavy atom. The molecule has 0 aromatic rings. The van der Waals surface area contributed by atoms with Crippen LogP contribution in [0.15, 0.2) is 0 Å². The van der Waals surface area contributed by atoms with Gasteiger partial charge in [0, 0.05) is 0 Å². The van der Waals surface area contributed by atoms with Crippen molar-refractivity contribution in [2.45, 2.75) is 25.0 Å². The van der Waals surface area contributed by atoms with Crippen LogP contribution in [-0.2, 0) is 0 Å². The molecule has 2 rings (SSSR count). The average molecular weight is 157 g/mol. The van der Waals surface area contributed by atoms with Crippen molar-refractivity contribution in [2.75, 3.05) is 0 Å². The minimum Gasteiger partial charge on any atom is -0.465 e. The van der Waals surface area contributed by atoms with E-state index >= 15 is 0 Å². The van der Waals surface area contributed by atoms with Crippen molar-refractivity contribution in [3.63, 3.8) is 0 Å². The van der Waals surface area contributed by atoms with Gasteiger partial charge in [0.05, 0.1) is 12.1 Å². The fourth-order valence-electron chi connectivity index (χ4n) is 2.03. The summed E-state index contributed by atoms with van der Waals surface area (Å²) in [5, 5.41) is 20.1. The molecular weight excluding hydrogens is 146 g/mol. The number of nitrogens with one attached hydrogen (secondary N) is 1. The number of carboxylic acid groups (broad SMARTS) is 1. The van der Waals surface area contributed by atoms with Crippen LogP contribution in [0.3, 0.4) is 0 Å². The molecule has 2 aliphatic carbocycles. The third kappa shape index (κ3) is 1.07. The van der Waals surface area contributed by atoms with Gasteiger partial charge in [-0.15, -0.1) is 0 Å². The maximum Gasteiger partial charge on any atom is 0.404 e. The van der Waals surface area contributed by atoms with Gasteiger partial charge in [-0.1, -0.05) is 0 Å². The number of carbonyl (C=O) groups is 1. The van der Waals surface area contributed by atoms with E-state index in [1.54, 1.807) is 0 Å². The summed E-state index contributed by atoms with van der Waals surface area (Å²) in [6.45, 7) is 0. The van der Waals surface area contributed by atoms with Gasteiger partial charge in [0.1, 0.15) is 0 Å². The smallest absolute Gasteiger partial charge is 0.404 e. The van der Waals surface area contributed by atoms with E-state index in [0.717, 1.165) is 12.8 Å². The highest BCUT2D eigenvalue weighted by Gasteiger charge is 2.53. The molecule has 4 atom stereocenters. The second-order valence-electron chi connectivity index (χ2n) is 3.44. The van der Waals surface area contributed by atoms with Crippen LogP contribution in [0.2, 0.25) is 0 Å². The molecule has 0 heterocycles. The molecule has 0 spiro atoms. The van der Waals surface area contributed by atoms with Gasteiger partial charge in [-0.25, -0.2) is 4.79 Å². The molecule has 0 aromatic carbocycles. The minimum atomic E-state index is -1.03. The number of hydrogen-bond acceptors (Lipinski definition) is 2. The molecule has 3 N–H and O–H groups in total. The first kappa shape index (κ1) is 6.91. The van der Waals surface area contributed by atoms with Gasteiger partial charge in [0.2, 0.25) is 0 Å². The molecule has 1 amide bonds. The van der Waals surface area contributed by atoms with E-state index < -0.39 is 12.2 Å². The predicted molar refractivity (Wildman–Crippen MR) is 37.2 cm³/mol. The van der Waals surface area contributed by atoms with E-state index in [9.17, 15) is 9.90 Å². The quantitative estimate of drug-likeness (QED) is 0.502. The Balaban J connectivity index is 1.91. The summed E-state index contributed by atoms with van der Waals surface area (Å²) in [4.78, 5) is 10.2. The second-order valence-corrected chi connectivity index (χ2v) is 3.44. The largest absolute Gasteiger partial charge is 0.465 e. The van der Waals surface area contributed by atoms with E-state index in [1.165, 1.54) is 0 Å². The summed E-state index contributed by atoms with van der Waals surface area (Å²) in [6, 6.07) is -0.212. The van der Waals surface area contributed by atoms with E-state index in [4.69, 9.17) is 5.11 Å². The number of amides is 1. The number of hydrogen-bond donors (Lipinski definition) is 3. The normalized spacial score (nSPS) is 46.6. The Bertz CT molecular complexity index is 194. The lowest BCUT2D eigenvalue weighted by molar-refractivity contribution is 0.119. The van der Waals surface area contributed by atoms with Gasteiger partial charge in [-0.05, 0) is 24.7 Å². The molecule has 0 saturated heterocycles. The standard InChI is InChI=1S/C7H11NO3/c9-6-4-1-3(4)2-5(6)8-7(10)11/h3-6,8-9H,1-2H2,(H,10,11)/t3-,4-,5-,6-/m0/s1. The summed E-state index contributed by atoms with van der Waals surface area (Å²) < 4.78 is 0. The zero-order valence-electron chi connectivity index (χ0n) is 6.03. The van der Waals surface area contributed by atoms with E-state index in [2.05, 4.69) is 5.32 Å². The van der Waals surface area contributed by atoms with Crippen LogP contribution in [-0.4, -0.2) is 28.5 Å². The first-order valence-corrected chi connectivity index (χ1v) is 3.86. The van der Waals surface area contributed by atoms with Gasteiger partial charge >= 0.3 is 6.09 Å². The Kier molecular flexibility index (Phi) is 1.32. The van der Waals surface area contributed by atoms with Crippen LogP contribution in [0.25, 0.3) is 0 Å². The summed E-state index contributed by atoms with van der Waals surface area (Å²) in [5.74, 6) is 0.966. The van der Waals surface area contributed by atoms with Crippen molar-refractivity contribution >= 4 is 6.09 Å². The van der Waals surface area contributed by atoms with E-state index in [0.29, 0.717) is 11.8 Å². The Morgan fingerprint density at radius 3 is 2.64 bits per heavy atom. The molecule has 2 aliphatic rings. The monoisotopic (exact) mass is 157 g/mol. The highest BCUT2D eigenvalue weighted by atomic mass is 16.4. The van der Waals surface area contributed by atoms with E-state index in [1.807, 2.05) is 0 Å². The van der Waals surface area contributed by atoms with Crippen molar-refractivity contribution in [1.82, 2.24) is 5.32 Å². The first-order valence-electron chi connectivity index (χ1n) is 3.86. The zero-order valence-corrected chi connectivity index (χ0v) is 6.03. The fourth-order valence-corrected chi connectivity index (χ4v) is 2.03. The Labute approximate surface area is 64.2 Å². The molecular formula is C7H11NO3. The molecule has 2 saturated carbocycles.